The first kappa shape index (κ1) is 27.7. The summed E-state index contributed by atoms with van der Waals surface area (Å²) in [5, 5.41) is 0. The standard InChI is InChI=1S/C29H50S3/c1-28(2,3)23-17-14-15-18-24(23)31(10,11)21-22-32(12,13)26-20-16-19-25(30(7,8)9)27(26)29(4,5)6/h14-20H,21-22H2,1-13H3. The van der Waals surface area contributed by atoms with Crippen molar-refractivity contribution in [2.24, 2.45) is 0 Å². The van der Waals surface area contributed by atoms with E-state index < -0.39 is 30.1 Å². The van der Waals surface area contributed by atoms with Gasteiger partial charge in [0.2, 0.25) is 0 Å². The Morgan fingerprint density at radius 2 is 0.969 bits per heavy atom. The highest BCUT2D eigenvalue weighted by atomic mass is 32.3. The fraction of sp³-hybridized carbons (Fsp3) is 0.586. The van der Waals surface area contributed by atoms with Crippen LogP contribution in [-0.4, -0.2) is 55.3 Å². The third kappa shape index (κ3) is 6.33. The van der Waals surface area contributed by atoms with Crippen LogP contribution in [0.25, 0.3) is 0 Å². The first-order valence-corrected chi connectivity index (χ1v) is 19.7. The monoisotopic (exact) mass is 494 g/mol. The van der Waals surface area contributed by atoms with E-state index in [1.807, 2.05) is 0 Å². The van der Waals surface area contributed by atoms with Gasteiger partial charge in [0.1, 0.15) is 0 Å². The van der Waals surface area contributed by atoms with Gasteiger partial charge in [0, 0.05) is 0 Å². The second-order valence-electron chi connectivity index (χ2n) is 12.9. The van der Waals surface area contributed by atoms with Gasteiger partial charge < -0.3 is 0 Å². The third-order valence-corrected chi connectivity index (χ3v) is 13.8. The summed E-state index contributed by atoms with van der Waals surface area (Å²) < 4.78 is 0. The van der Waals surface area contributed by atoms with Crippen molar-refractivity contribution in [3.63, 3.8) is 0 Å². The summed E-state index contributed by atoms with van der Waals surface area (Å²) in [6, 6.07) is 16.4. The van der Waals surface area contributed by atoms with Crippen LogP contribution in [0.3, 0.4) is 0 Å². The molecule has 2 aromatic carbocycles. The molecule has 0 saturated carbocycles. The predicted octanol–water partition coefficient (Wildman–Crippen LogP) is 8.88. The Balaban J connectivity index is 2.48. The fourth-order valence-corrected chi connectivity index (χ4v) is 12.6. The van der Waals surface area contributed by atoms with Gasteiger partial charge in [-0.05, 0) is 110 Å². The van der Waals surface area contributed by atoms with E-state index >= 15 is 0 Å². The molecule has 0 unspecified atom stereocenters. The van der Waals surface area contributed by atoms with E-state index in [0.717, 1.165) is 0 Å². The molecule has 0 aliphatic heterocycles. The highest BCUT2D eigenvalue weighted by Crippen LogP contribution is 2.61. The van der Waals surface area contributed by atoms with Gasteiger partial charge in [-0.25, -0.2) is 30.1 Å². The molecule has 3 heteroatoms. The zero-order chi connectivity index (χ0) is 24.8. The molecular formula is C29H50S3. The van der Waals surface area contributed by atoms with Crippen LogP contribution in [-0.2, 0) is 10.8 Å². The molecule has 0 aliphatic rings. The molecule has 2 rings (SSSR count). The zero-order valence-corrected chi connectivity index (χ0v) is 25.6. The first-order valence-electron chi connectivity index (χ1n) is 11.6. The van der Waals surface area contributed by atoms with Crippen molar-refractivity contribution in [2.75, 3.05) is 55.3 Å². The number of benzene rings is 2. The Morgan fingerprint density at radius 3 is 1.44 bits per heavy atom. The number of hydrogen-bond donors (Lipinski definition) is 0. The minimum absolute atomic E-state index is 0.164. The predicted molar refractivity (Wildman–Crippen MR) is 159 cm³/mol. The summed E-state index contributed by atoms with van der Waals surface area (Å²) in [4.78, 5) is 4.85. The van der Waals surface area contributed by atoms with Crippen LogP contribution in [0.15, 0.2) is 57.2 Å². The summed E-state index contributed by atoms with van der Waals surface area (Å²) in [5.41, 5.74) is 3.51. The Bertz CT molecular complexity index is 932. The van der Waals surface area contributed by atoms with Crippen LogP contribution < -0.4 is 0 Å². The van der Waals surface area contributed by atoms with Crippen molar-refractivity contribution in [2.45, 2.75) is 67.1 Å². The van der Waals surface area contributed by atoms with Gasteiger partial charge >= 0.3 is 0 Å². The second kappa shape index (κ2) is 9.27. The van der Waals surface area contributed by atoms with Crippen LogP contribution in [0.2, 0.25) is 0 Å². The van der Waals surface area contributed by atoms with Crippen LogP contribution in [0.1, 0.15) is 52.7 Å². The van der Waals surface area contributed by atoms with Crippen molar-refractivity contribution in [1.29, 1.82) is 0 Å². The van der Waals surface area contributed by atoms with Gasteiger partial charge in [-0.1, -0.05) is 65.8 Å². The molecule has 0 fully saturated rings. The molecule has 184 valence electrons. The lowest BCUT2D eigenvalue weighted by atomic mass is 9.87. The quantitative estimate of drug-likeness (QED) is 0.376. The first-order chi connectivity index (χ1) is 14.3. The van der Waals surface area contributed by atoms with Gasteiger partial charge in [-0.3, -0.25) is 0 Å². The molecule has 0 amide bonds. The molecule has 0 atom stereocenters. The normalized spacial score (nSPS) is 15.5. The van der Waals surface area contributed by atoms with Crippen LogP contribution >= 0.6 is 30.1 Å². The van der Waals surface area contributed by atoms with Gasteiger partial charge in [-0.15, -0.1) is 0 Å². The smallest absolute Gasteiger partial charge is 0.00554 e. The third-order valence-electron chi connectivity index (χ3n) is 6.39. The molecule has 0 spiro atoms. The number of rotatable bonds is 6. The average Bonchev–Trinajstić information content (AvgIpc) is 2.64. The van der Waals surface area contributed by atoms with Gasteiger partial charge in [0.25, 0.3) is 0 Å². The van der Waals surface area contributed by atoms with Crippen molar-refractivity contribution in [3.8, 4) is 0 Å². The van der Waals surface area contributed by atoms with E-state index in [2.05, 4.69) is 128 Å². The maximum atomic E-state index is 2.56. The van der Waals surface area contributed by atoms with E-state index in [1.54, 1.807) is 20.2 Å². The van der Waals surface area contributed by atoms with E-state index in [4.69, 9.17) is 0 Å². The summed E-state index contributed by atoms with van der Waals surface area (Å²) in [6.07, 6.45) is 17.5. The molecule has 0 heterocycles. The van der Waals surface area contributed by atoms with Crippen molar-refractivity contribution < 1.29 is 0 Å². The highest BCUT2D eigenvalue weighted by molar-refractivity contribution is 8.36. The van der Waals surface area contributed by atoms with Crippen molar-refractivity contribution in [1.82, 2.24) is 0 Å². The Kier molecular flexibility index (Phi) is 8.03. The van der Waals surface area contributed by atoms with Gasteiger partial charge in [-0.2, -0.15) is 0 Å². The summed E-state index contributed by atoms with van der Waals surface area (Å²) in [7, 11) is -2.58. The molecule has 0 N–H and O–H groups in total. The van der Waals surface area contributed by atoms with E-state index in [0.29, 0.717) is 0 Å². The second-order valence-corrected chi connectivity index (χ2v) is 24.9. The average molecular weight is 495 g/mol. The SMILES string of the molecule is CC(C)(C)c1ccccc1S(C)(C)CCS(C)(C)c1cccc(S(C)(C)C)c1C(C)(C)C. The van der Waals surface area contributed by atoms with E-state index in [1.165, 1.54) is 17.1 Å². The van der Waals surface area contributed by atoms with Crippen molar-refractivity contribution in [3.05, 3.63) is 53.6 Å². The van der Waals surface area contributed by atoms with Gasteiger partial charge in [0.15, 0.2) is 0 Å². The van der Waals surface area contributed by atoms with Crippen LogP contribution in [0.5, 0.6) is 0 Å². The number of hydrogen-bond acceptors (Lipinski definition) is 0. The highest BCUT2D eigenvalue weighted by Gasteiger charge is 2.32. The molecule has 0 saturated heterocycles. The lowest BCUT2D eigenvalue weighted by Crippen LogP contribution is -2.22. The Labute approximate surface area is 205 Å². The largest absolute Gasteiger partial charge is 0.223 e. The fourth-order valence-electron chi connectivity index (χ4n) is 4.43. The Morgan fingerprint density at radius 1 is 0.531 bits per heavy atom. The van der Waals surface area contributed by atoms with Gasteiger partial charge in [0.05, 0.1) is 0 Å². The topological polar surface area (TPSA) is 0 Å². The lowest BCUT2D eigenvalue weighted by molar-refractivity contribution is 0.563. The van der Waals surface area contributed by atoms with Crippen LogP contribution in [0.4, 0.5) is 0 Å². The van der Waals surface area contributed by atoms with Crippen molar-refractivity contribution >= 4 is 30.1 Å². The molecule has 32 heavy (non-hydrogen) atoms. The molecule has 0 nitrogen and oxygen atoms in total. The Hall–Kier alpha value is -0.510. The lowest BCUT2D eigenvalue weighted by Gasteiger charge is -2.44. The molecule has 0 aromatic heterocycles. The zero-order valence-electron chi connectivity index (χ0n) is 23.2. The van der Waals surface area contributed by atoms with E-state index in [-0.39, 0.29) is 10.8 Å². The molecule has 0 radical (unpaired) electrons. The maximum Gasteiger partial charge on any atom is -0.00554 e. The molecule has 2 aromatic rings. The summed E-state index contributed by atoms with van der Waals surface area (Å²) in [5.74, 6) is 2.58. The van der Waals surface area contributed by atoms with E-state index in [9.17, 15) is 0 Å². The maximum absolute atomic E-state index is 2.56. The molecule has 0 aliphatic carbocycles. The molecular weight excluding hydrogens is 445 g/mol. The van der Waals surface area contributed by atoms with Crippen LogP contribution in [0, 0.1) is 0 Å². The molecule has 0 bridgehead atoms. The minimum Gasteiger partial charge on any atom is -0.223 e. The minimum atomic E-state index is -0.912. The summed E-state index contributed by atoms with van der Waals surface area (Å²) >= 11 is 0. The summed E-state index contributed by atoms with van der Waals surface area (Å²) in [6.45, 7) is 14.3.